The van der Waals surface area contributed by atoms with E-state index < -0.39 is 23.9 Å². The first-order valence-electron chi connectivity index (χ1n) is 7.65. The number of aliphatic hydroxyl groups is 2. The molecule has 7 heteroatoms. The number of halogens is 3. The van der Waals surface area contributed by atoms with Crippen LogP contribution in [0.15, 0.2) is 24.3 Å². The maximum absolute atomic E-state index is 12.8. The Morgan fingerprint density at radius 2 is 2.04 bits per heavy atom. The predicted molar refractivity (Wildman–Crippen MR) is 79.2 cm³/mol. The van der Waals surface area contributed by atoms with Gasteiger partial charge in [-0.1, -0.05) is 19.1 Å². The maximum atomic E-state index is 12.8. The van der Waals surface area contributed by atoms with Crippen molar-refractivity contribution in [3.63, 3.8) is 0 Å². The zero-order chi connectivity index (χ0) is 17.0. The van der Waals surface area contributed by atoms with E-state index in [-0.39, 0.29) is 24.8 Å². The third kappa shape index (κ3) is 5.09. The Balaban J connectivity index is 1.87. The number of β-amino-alcohol motifs (C(OH)–C–C–N with tert-alkyl or cyclic N) is 2. The van der Waals surface area contributed by atoms with Crippen LogP contribution in [0.3, 0.4) is 0 Å². The molecule has 1 aliphatic rings. The maximum Gasteiger partial charge on any atom is 0.419 e. The topological polar surface area (TPSA) is 52.9 Å². The van der Waals surface area contributed by atoms with Crippen LogP contribution in [0.2, 0.25) is 0 Å². The van der Waals surface area contributed by atoms with E-state index >= 15 is 0 Å². The van der Waals surface area contributed by atoms with Crippen molar-refractivity contribution in [2.75, 3.05) is 26.2 Å². The third-order valence-electron chi connectivity index (χ3n) is 4.10. The predicted octanol–water partition coefficient (Wildman–Crippen LogP) is 2.15. The van der Waals surface area contributed by atoms with Crippen LogP contribution in [0.5, 0.6) is 5.75 Å². The van der Waals surface area contributed by atoms with Gasteiger partial charge in [0.05, 0.1) is 11.7 Å². The Bertz CT molecular complexity index is 510. The van der Waals surface area contributed by atoms with Gasteiger partial charge in [0.2, 0.25) is 0 Å². The number of likely N-dealkylation sites (tertiary alicyclic amines) is 1. The van der Waals surface area contributed by atoms with Gasteiger partial charge in [-0.25, -0.2) is 0 Å². The first-order chi connectivity index (χ1) is 10.8. The normalized spacial score (nSPS) is 24.4. The zero-order valence-corrected chi connectivity index (χ0v) is 13.0. The second kappa shape index (κ2) is 7.51. The van der Waals surface area contributed by atoms with Crippen molar-refractivity contribution in [3.8, 4) is 5.75 Å². The third-order valence-corrected chi connectivity index (χ3v) is 4.10. The van der Waals surface area contributed by atoms with E-state index in [1.54, 1.807) is 0 Å². The average Bonchev–Trinajstić information content (AvgIpc) is 2.48. The first-order valence-corrected chi connectivity index (χ1v) is 7.65. The summed E-state index contributed by atoms with van der Waals surface area (Å²) in [5.41, 5.74) is -0.852. The summed E-state index contributed by atoms with van der Waals surface area (Å²) in [4.78, 5) is 1.90. The van der Waals surface area contributed by atoms with E-state index in [0.29, 0.717) is 6.54 Å². The Morgan fingerprint density at radius 3 is 2.70 bits per heavy atom. The molecule has 0 unspecified atom stereocenters. The van der Waals surface area contributed by atoms with Crippen molar-refractivity contribution in [1.82, 2.24) is 4.90 Å². The summed E-state index contributed by atoms with van der Waals surface area (Å²) in [5.74, 6) is -0.0651. The quantitative estimate of drug-likeness (QED) is 0.867. The number of aliphatic hydroxyl groups excluding tert-OH is 2. The number of ether oxygens (including phenoxy) is 1. The number of benzene rings is 1. The van der Waals surface area contributed by atoms with Crippen LogP contribution in [-0.4, -0.2) is 53.6 Å². The van der Waals surface area contributed by atoms with Gasteiger partial charge < -0.3 is 14.9 Å². The van der Waals surface area contributed by atoms with Gasteiger partial charge in [-0.3, -0.25) is 4.90 Å². The summed E-state index contributed by atoms with van der Waals surface area (Å²) in [6, 6.07) is 4.94. The lowest BCUT2D eigenvalue weighted by Gasteiger charge is -2.35. The minimum atomic E-state index is -4.49. The van der Waals surface area contributed by atoms with Crippen molar-refractivity contribution in [3.05, 3.63) is 29.8 Å². The summed E-state index contributed by atoms with van der Waals surface area (Å²) in [7, 11) is 0. The second-order valence-electron chi connectivity index (χ2n) is 6.05. The van der Waals surface area contributed by atoms with Crippen molar-refractivity contribution in [1.29, 1.82) is 0 Å². The van der Waals surface area contributed by atoms with Crippen molar-refractivity contribution in [2.24, 2.45) is 5.92 Å². The molecule has 1 fully saturated rings. The lowest BCUT2D eigenvalue weighted by atomic mass is 9.96. The zero-order valence-electron chi connectivity index (χ0n) is 13.0. The monoisotopic (exact) mass is 333 g/mol. The SMILES string of the molecule is C[C@@H]1CCN(C[C@H](O)COc2ccccc2C(F)(F)F)C[C@H]1O. The Morgan fingerprint density at radius 1 is 1.35 bits per heavy atom. The molecule has 130 valence electrons. The molecule has 1 heterocycles. The van der Waals surface area contributed by atoms with Gasteiger partial charge in [0.15, 0.2) is 0 Å². The van der Waals surface area contributed by atoms with Gasteiger partial charge in [-0.2, -0.15) is 13.2 Å². The summed E-state index contributed by atoms with van der Waals surface area (Å²) < 4.78 is 43.7. The average molecular weight is 333 g/mol. The molecule has 1 saturated heterocycles. The highest BCUT2D eigenvalue weighted by atomic mass is 19.4. The number of rotatable bonds is 5. The molecule has 0 aliphatic carbocycles. The van der Waals surface area contributed by atoms with Crippen LogP contribution in [0, 0.1) is 5.92 Å². The van der Waals surface area contributed by atoms with Gasteiger partial charge in [0.25, 0.3) is 0 Å². The van der Waals surface area contributed by atoms with Crippen LogP contribution in [0.1, 0.15) is 18.9 Å². The molecule has 1 aliphatic heterocycles. The van der Waals surface area contributed by atoms with Gasteiger partial charge >= 0.3 is 6.18 Å². The van der Waals surface area contributed by atoms with E-state index in [9.17, 15) is 23.4 Å². The van der Waals surface area contributed by atoms with Crippen molar-refractivity contribution < 1.29 is 28.1 Å². The smallest absolute Gasteiger partial charge is 0.419 e. The van der Waals surface area contributed by atoms with E-state index in [1.807, 2.05) is 11.8 Å². The first kappa shape index (κ1) is 18.0. The Hall–Kier alpha value is -1.31. The fourth-order valence-corrected chi connectivity index (χ4v) is 2.64. The van der Waals surface area contributed by atoms with Crippen LogP contribution in [-0.2, 0) is 6.18 Å². The van der Waals surface area contributed by atoms with Crippen molar-refractivity contribution in [2.45, 2.75) is 31.7 Å². The highest BCUT2D eigenvalue weighted by Crippen LogP contribution is 2.35. The molecule has 1 aromatic rings. The fraction of sp³-hybridized carbons (Fsp3) is 0.625. The van der Waals surface area contributed by atoms with Crippen LogP contribution in [0.4, 0.5) is 13.2 Å². The number of nitrogens with zero attached hydrogens (tertiary/aromatic N) is 1. The summed E-state index contributed by atoms with van der Waals surface area (Å²) in [5, 5.41) is 19.8. The lowest BCUT2D eigenvalue weighted by Crippen LogP contribution is -2.46. The molecular formula is C16H22F3NO3. The van der Waals surface area contributed by atoms with Crippen LogP contribution in [0.25, 0.3) is 0 Å². The highest BCUT2D eigenvalue weighted by molar-refractivity contribution is 5.35. The van der Waals surface area contributed by atoms with E-state index in [2.05, 4.69) is 0 Å². The molecule has 0 aromatic heterocycles. The Labute approximate surface area is 133 Å². The molecule has 4 nitrogen and oxygen atoms in total. The molecule has 0 saturated carbocycles. The lowest BCUT2D eigenvalue weighted by molar-refractivity contribution is -0.139. The Kier molecular flexibility index (Phi) is 5.89. The number of hydrogen-bond donors (Lipinski definition) is 2. The molecule has 23 heavy (non-hydrogen) atoms. The summed E-state index contributed by atoms with van der Waals surface area (Å²) in [6.07, 6.45) is -5.03. The molecule has 0 amide bonds. The van der Waals surface area contributed by atoms with Gasteiger partial charge in [0.1, 0.15) is 18.5 Å². The van der Waals surface area contributed by atoms with Crippen LogP contribution < -0.4 is 4.74 Å². The molecule has 1 aromatic carbocycles. The minimum Gasteiger partial charge on any atom is -0.490 e. The van der Waals surface area contributed by atoms with E-state index in [0.717, 1.165) is 19.0 Å². The molecular weight excluding hydrogens is 311 g/mol. The van der Waals surface area contributed by atoms with Gasteiger partial charge in [-0.15, -0.1) is 0 Å². The summed E-state index contributed by atoms with van der Waals surface area (Å²) >= 11 is 0. The fourth-order valence-electron chi connectivity index (χ4n) is 2.64. The standard InChI is InChI=1S/C16H22F3NO3/c1-11-6-7-20(9-14(11)22)8-12(21)10-23-15-5-3-2-4-13(15)16(17,18)19/h2-5,11-12,14,21-22H,6-10H2,1H3/t11-,12+,14-/m1/s1. The largest absolute Gasteiger partial charge is 0.490 e. The number of piperidine rings is 1. The number of alkyl halides is 3. The van der Waals surface area contributed by atoms with Gasteiger partial charge in [-0.05, 0) is 31.0 Å². The minimum absolute atomic E-state index is 0.221. The molecule has 3 atom stereocenters. The van der Waals surface area contributed by atoms with E-state index in [4.69, 9.17) is 4.74 Å². The molecule has 0 spiro atoms. The second-order valence-corrected chi connectivity index (χ2v) is 6.05. The van der Waals surface area contributed by atoms with E-state index in [1.165, 1.54) is 18.2 Å². The molecule has 0 radical (unpaired) electrons. The molecule has 0 bridgehead atoms. The molecule has 2 N–H and O–H groups in total. The summed E-state index contributed by atoms with van der Waals surface area (Å²) in [6.45, 7) is 3.20. The van der Waals surface area contributed by atoms with Gasteiger partial charge in [0, 0.05) is 13.1 Å². The van der Waals surface area contributed by atoms with Crippen molar-refractivity contribution >= 4 is 0 Å². The van der Waals surface area contributed by atoms with Crippen LogP contribution >= 0.6 is 0 Å². The number of para-hydroxylation sites is 1. The highest BCUT2D eigenvalue weighted by Gasteiger charge is 2.34. The number of hydrogen-bond acceptors (Lipinski definition) is 4. The molecule has 2 rings (SSSR count).